The molecule has 2 aromatic carbocycles. The lowest BCUT2D eigenvalue weighted by Gasteiger charge is -2.05. The van der Waals surface area contributed by atoms with Crippen LogP contribution in [-0.2, 0) is 0 Å². The lowest BCUT2D eigenvalue weighted by molar-refractivity contribution is 1.38. The van der Waals surface area contributed by atoms with Crippen LogP contribution in [0.25, 0.3) is 11.1 Å². The van der Waals surface area contributed by atoms with Crippen molar-refractivity contribution in [1.82, 2.24) is 0 Å². The normalized spacial score (nSPS) is 10.1. The lowest BCUT2D eigenvalue weighted by Crippen LogP contribution is -1.84. The van der Waals surface area contributed by atoms with E-state index in [0.717, 1.165) is 0 Å². The molecule has 0 fully saturated rings. The van der Waals surface area contributed by atoms with Crippen LogP contribution in [0.5, 0.6) is 0 Å². The van der Waals surface area contributed by atoms with Gasteiger partial charge >= 0.3 is 0 Å². The molecule has 0 aliphatic rings. The first kappa shape index (κ1) is 9.01. The van der Waals surface area contributed by atoms with Crippen molar-refractivity contribution in [3.05, 3.63) is 59.7 Å². The minimum atomic E-state index is 1.20. The van der Waals surface area contributed by atoms with Gasteiger partial charge in [-0.25, -0.2) is 0 Å². The summed E-state index contributed by atoms with van der Waals surface area (Å²) in [5, 5.41) is 0. The van der Waals surface area contributed by atoms with Gasteiger partial charge in [0.1, 0.15) is 0 Å². The van der Waals surface area contributed by atoms with E-state index in [0.29, 0.717) is 0 Å². The minimum Gasteiger partial charge on any atom is -0.0622 e. The first-order chi connectivity index (χ1) is 6.77. The number of benzene rings is 2. The molecule has 2 rings (SSSR count). The molecule has 14 heavy (non-hydrogen) atoms. The summed E-state index contributed by atoms with van der Waals surface area (Å²) >= 11 is 0. The molecule has 0 saturated carbocycles. The van der Waals surface area contributed by atoms with Gasteiger partial charge in [-0.2, -0.15) is 0 Å². The van der Waals surface area contributed by atoms with Crippen molar-refractivity contribution in [3.8, 4) is 11.1 Å². The molecule has 0 aliphatic heterocycles. The van der Waals surface area contributed by atoms with Gasteiger partial charge in [-0.05, 0) is 36.6 Å². The quantitative estimate of drug-likeness (QED) is 0.628. The summed E-state index contributed by atoms with van der Waals surface area (Å²) in [6.45, 7) is 4.23. The molecule has 0 saturated heterocycles. The largest absolute Gasteiger partial charge is 0.0622 e. The molecule has 0 atom stereocenters. The van der Waals surface area contributed by atoms with Crippen molar-refractivity contribution in [2.24, 2.45) is 0 Å². The molecule has 2 aromatic rings. The Hall–Kier alpha value is -1.56. The van der Waals surface area contributed by atoms with Gasteiger partial charge in [0.2, 0.25) is 0 Å². The van der Waals surface area contributed by atoms with Crippen LogP contribution in [-0.4, -0.2) is 0 Å². The zero-order chi connectivity index (χ0) is 9.97. The van der Waals surface area contributed by atoms with Crippen LogP contribution in [0.15, 0.2) is 42.5 Å². The van der Waals surface area contributed by atoms with E-state index in [-0.39, 0.29) is 0 Å². The number of rotatable bonds is 1. The second kappa shape index (κ2) is 3.67. The summed E-state index contributed by atoms with van der Waals surface area (Å²) < 4.78 is 0. The highest BCUT2D eigenvalue weighted by Gasteiger charge is 2.00. The fourth-order valence-electron chi connectivity index (χ4n) is 1.67. The topological polar surface area (TPSA) is 0 Å². The van der Waals surface area contributed by atoms with E-state index in [1.165, 1.54) is 22.3 Å². The molecular weight excluding hydrogens is 168 g/mol. The standard InChI is InChI=1S/C14H13/c1-11-8-9-14(12(2)10-11)13-6-4-3-5-7-13/h3-8,10H,1-2H3. The molecule has 69 valence electrons. The maximum atomic E-state index is 3.32. The van der Waals surface area contributed by atoms with Crippen LogP contribution < -0.4 is 0 Å². The second-order valence-corrected chi connectivity index (χ2v) is 3.60. The Labute approximate surface area is 85.2 Å². The van der Waals surface area contributed by atoms with Gasteiger partial charge < -0.3 is 0 Å². The van der Waals surface area contributed by atoms with Gasteiger partial charge in [-0.15, -0.1) is 0 Å². The van der Waals surface area contributed by atoms with Crippen LogP contribution >= 0.6 is 0 Å². The molecule has 0 aliphatic carbocycles. The van der Waals surface area contributed by atoms with Gasteiger partial charge in [0.15, 0.2) is 0 Å². The Bertz CT molecular complexity index is 427. The van der Waals surface area contributed by atoms with Crippen molar-refractivity contribution in [2.75, 3.05) is 0 Å². The summed E-state index contributed by atoms with van der Waals surface area (Å²) in [5.41, 5.74) is 5.00. The Morgan fingerprint density at radius 2 is 1.71 bits per heavy atom. The summed E-state index contributed by atoms with van der Waals surface area (Å²) in [5.74, 6) is 0. The van der Waals surface area contributed by atoms with Crippen molar-refractivity contribution in [3.63, 3.8) is 0 Å². The van der Waals surface area contributed by atoms with Crippen LogP contribution in [0.2, 0.25) is 0 Å². The van der Waals surface area contributed by atoms with Crippen molar-refractivity contribution in [1.29, 1.82) is 0 Å². The lowest BCUT2D eigenvalue weighted by atomic mass is 9.99. The maximum Gasteiger partial charge on any atom is -0.00757 e. The monoisotopic (exact) mass is 181 g/mol. The van der Waals surface area contributed by atoms with Crippen LogP contribution in [0, 0.1) is 19.9 Å². The molecule has 0 nitrogen and oxygen atoms in total. The molecule has 0 N–H and O–H groups in total. The molecule has 0 spiro atoms. The van der Waals surface area contributed by atoms with Gasteiger partial charge in [-0.3, -0.25) is 0 Å². The average Bonchev–Trinajstić information content (AvgIpc) is 2.19. The van der Waals surface area contributed by atoms with E-state index in [9.17, 15) is 0 Å². The minimum absolute atomic E-state index is 1.20. The molecule has 0 heteroatoms. The SMILES string of the molecule is Cc1c[c]c(-c2ccccc2)c(C)c1. The van der Waals surface area contributed by atoms with Gasteiger partial charge in [0.05, 0.1) is 0 Å². The Morgan fingerprint density at radius 1 is 1.00 bits per heavy atom. The van der Waals surface area contributed by atoms with E-state index in [1.807, 2.05) is 12.1 Å². The van der Waals surface area contributed by atoms with E-state index in [4.69, 9.17) is 0 Å². The van der Waals surface area contributed by atoms with E-state index < -0.39 is 0 Å². The highest BCUT2D eigenvalue weighted by Crippen LogP contribution is 2.22. The van der Waals surface area contributed by atoms with Crippen molar-refractivity contribution >= 4 is 0 Å². The average molecular weight is 181 g/mol. The first-order valence-corrected chi connectivity index (χ1v) is 4.82. The number of hydrogen-bond donors (Lipinski definition) is 0. The molecular formula is C14H13. The van der Waals surface area contributed by atoms with Gasteiger partial charge in [0.25, 0.3) is 0 Å². The number of aryl methyl sites for hydroxylation is 2. The van der Waals surface area contributed by atoms with Crippen LogP contribution in [0.1, 0.15) is 11.1 Å². The van der Waals surface area contributed by atoms with Gasteiger partial charge in [0, 0.05) is 0 Å². The third kappa shape index (κ3) is 1.69. The Kier molecular flexibility index (Phi) is 2.36. The van der Waals surface area contributed by atoms with E-state index in [2.05, 4.69) is 50.2 Å². The highest BCUT2D eigenvalue weighted by molar-refractivity contribution is 5.66. The summed E-state index contributed by atoms with van der Waals surface area (Å²) in [6.07, 6.45) is 0. The molecule has 0 heterocycles. The molecule has 0 aromatic heterocycles. The highest BCUT2D eigenvalue weighted by atomic mass is 14.0. The molecule has 0 bridgehead atoms. The fourth-order valence-corrected chi connectivity index (χ4v) is 1.67. The zero-order valence-electron chi connectivity index (χ0n) is 8.54. The third-order valence-electron chi connectivity index (χ3n) is 2.35. The van der Waals surface area contributed by atoms with Crippen LogP contribution in [0.4, 0.5) is 0 Å². The maximum absolute atomic E-state index is 3.32. The Balaban J connectivity index is 2.53. The fraction of sp³-hybridized carbons (Fsp3) is 0.143. The van der Waals surface area contributed by atoms with E-state index in [1.54, 1.807) is 0 Å². The summed E-state index contributed by atoms with van der Waals surface area (Å²) in [4.78, 5) is 0. The molecule has 0 amide bonds. The summed E-state index contributed by atoms with van der Waals surface area (Å²) in [6, 6.07) is 17.9. The number of hydrogen-bond acceptors (Lipinski definition) is 0. The van der Waals surface area contributed by atoms with Gasteiger partial charge in [-0.1, -0.05) is 48.0 Å². The van der Waals surface area contributed by atoms with Crippen molar-refractivity contribution < 1.29 is 0 Å². The summed E-state index contributed by atoms with van der Waals surface area (Å²) in [7, 11) is 0. The first-order valence-electron chi connectivity index (χ1n) is 4.82. The van der Waals surface area contributed by atoms with Crippen molar-refractivity contribution in [2.45, 2.75) is 13.8 Å². The second-order valence-electron chi connectivity index (χ2n) is 3.60. The molecule has 0 unspecified atom stereocenters. The third-order valence-corrected chi connectivity index (χ3v) is 2.35. The van der Waals surface area contributed by atoms with Crippen LogP contribution in [0.3, 0.4) is 0 Å². The smallest absolute Gasteiger partial charge is 0.00757 e. The zero-order valence-corrected chi connectivity index (χ0v) is 8.54. The predicted molar refractivity (Wildman–Crippen MR) is 60.2 cm³/mol. The predicted octanol–water partition coefficient (Wildman–Crippen LogP) is 3.77. The Morgan fingerprint density at radius 3 is 2.36 bits per heavy atom. The van der Waals surface area contributed by atoms with E-state index >= 15 is 0 Å². The molecule has 1 radical (unpaired) electrons.